The largest absolute Gasteiger partial charge is 0.489 e. The second kappa shape index (κ2) is 10.6. The van der Waals surface area contributed by atoms with Gasteiger partial charge in [-0.25, -0.2) is 0 Å². The highest BCUT2D eigenvalue weighted by molar-refractivity contribution is 5.79. The third-order valence-electron chi connectivity index (χ3n) is 6.25. The lowest BCUT2D eigenvalue weighted by Crippen LogP contribution is -2.47. The van der Waals surface area contributed by atoms with Gasteiger partial charge in [0, 0.05) is 44.7 Å². The van der Waals surface area contributed by atoms with Crippen LogP contribution in [-0.2, 0) is 16.1 Å². The van der Waals surface area contributed by atoms with Gasteiger partial charge in [-0.05, 0) is 45.2 Å². The number of rotatable bonds is 4. The summed E-state index contributed by atoms with van der Waals surface area (Å²) in [4.78, 5) is 31.5. The zero-order chi connectivity index (χ0) is 21.5. The highest BCUT2D eigenvalue weighted by atomic mass is 16.5. The summed E-state index contributed by atoms with van der Waals surface area (Å²) in [6, 6.07) is 8.00. The van der Waals surface area contributed by atoms with Gasteiger partial charge in [0.15, 0.2) is 0 Å². The Morgan fingerprint density at radius 2 is 1.97 bits per heavy atom. The zero-order valence-electron chi connectivity index (χ0n) is 18.5. The Kier molecular flexibility index (Phi) is 7.91. The molecule has 0 radical (unpaired) electrons. The van der Waals surface area contributed by atoms with Gasteiger partial charge >= 0.3 is 0 Å². The van der Waals surface area contributed by atoms with Crippen LogP contribution in [0.3, 0.4) is 0 Å². The van der Waals surface area contributed by atoms with Crippen molar-refractivity contribution in [2.45, 2.75) is 33.2 Å². The number of ether oxygens (including phenoxy) is 1. The van der Waals surface area contributed by atoms with Crippen molar-refractivity contribution in [1.29, 1.82) is 0 Å². The highest BCUT2D eigenvalue weighted by Gasteiger charge is 2.32. The van der Waals surface area contributed by atoms with Gasteiger partial charge in [-0.1, -0.05) is 30.4 Å². The molecule has 6 nitrogen and oxygen atoms in total. The molecule has 2 bridgehead atoms. The molecule has 3 rings (SSSR count). The maximum absolute atomic E-state index is 12.9. The third-order valence-corrected chi connectivity index (χ3v) is 6.25. The van der Waals surface area contributed by atoms with E-state index in [0.717, 1.165) is 37.4 Å². The molecule has 6 heteroatoms. The smallest absolute Gasteiger partial charge is 0.236 e. The average Bonchev–Trinajstić information content (AvgIpc) is 2.74. The normalized spacial score (nSPS) is 24.0. The molecule has 2 aliphatic heterocycles. The molecule has 30 heavy (non-hydrogen) atoms. The van der Waals surface area contributed by atoms with Crippen LogP contribution in [0.2, 0.25) is 0 Å². The Labute approximate surface area is 180 Å². The summed E-state index contributed by atoms with van der Waals surface area (Å²) in [6.45, 7) is 8.46. The number of para-hydroxylation sites is 1. The van der Waals surface area contributed by atoms with Gasteiger partial charge in [0.25, 0.3) is 0 Å². The van der Waals surface area contributed by atoms with Crippen molar-refractivity contribution in [3.05, 3.63) is 42.0 Å². The monoisotopic (exact) mass is 413 g/mol. The maximum Gasteiger partial charge on any atom is 0.236 e. The van der Waals surface area contributed by atoms with Gasteiger partial charge in [-0.3, -0.25) is 14.5 Å². The molecule has 0 spiro atoms. The molecule has 1 aromatic rings. The molecule has 1 aromatic carbocycles. The van der Waals surface area contributed by atoms with E-state index in [1.54, 1.807) is 0 Å². The molecule has 2 aliphatic rings. The minimum Gasteiger partial charge on any atom is -0.489 e. The number of carbonyl (C=O) groups is 2. The topological polar surface area (TPSA) is 53.1 Å². The minimum atomic E-state index is 0.155. The van der Waals surface area contributed by atoms with Crippen LogP contribution in [-0.4, -0.2) is 72.9 Å². The van der Waals surface area contributed by atoms with Crippen LogP contribution in [0.25, 0.3) is 0 Å². The van der Waals surface area contributed by atoms with Crippen molar-refractivity contribution in [3.8, 4) is 5.75 Å². The predicted molar refractivity (Wildman–Crippen MR) is 118 cm³/mol. The average molecular weight is 414 g/mol. The van der Waals surface area contributed by atoms with Crippen LogP contribution < -0.4 is 4.74 Å². The Bertz CT molecular complexity index is 760. The van der Waals surface area contributed by atoms with E-state index in [0.29, 0.717) is 32.7 Å². The molecular weight excluding hydrogens is 378 g/mol. The molecule has 0 aromatic heterocycles. The van der Waals surface area contributed by atoms with Crippen molar-refractivity contribution in [1.82, 2.24) is 14.7 Å². The van der Waals surface area contributed by atoms with Crippen molar-refractivity contribution in [2.24, 2.45) is 11.8 Å². The molecule has 1 fully saturated rings. The van der Waals surface area contributed by atoms with E-state index in [4.69, 9.17) is 4.74 Å². The summed E-state index contributed by atoms with van der Waals surface area (Å²) in [5.74, 6) is 1.66. The number of hydrogen-bond donors (Lipinski definition) is 0. The fourth-order valence-corrected chi connectivity index (χ4v) is 4.48. The molecule has 0 aliphatic carbocycles. The van der Waals surface area contributed by atoms with E-state index < -0.39 is 0 Å². The van der Waals surface area contributed by atoms with Crippen molar-refractivity contribution in [2.75, 3.05) is 46.4 Å². The van der Waals surface area contributed by atoms with Crippen LogP contribution >= 0.6 is 0 Å². The van der Waals surface area contributed by atoms with Gasteiger partial charge in [-0.2, -0.15) is 0 Å². The Morgan fingerprint density at radius 1 is 1.20 bits per heavy atom. The third kappa shape index (κ3) is 5.63. The van der Waals surface area contributed by atoms with E-state index in [-0.39, 0.29) is 23.7 Å². The fraction of sp³-hybridized carbons (Fsp3) is 0.583. The molecule has 2 atom stereocenters. The van der Waals surface area contributed by atoms with E-state index in [1.165, 1.54) is 0 Å². The van der Waals surface area contributed by atoms with Gasteiger partial charge in [0.1, 0.15) is 12.4 Å². The summed E-state index contributed by atoms with van der Waals surface area (Å²) in [7, 11) is 1.97. The Balaban J connectivity index is 1.77. The highest BCUT2D eigenvalue weighted by Crippen LogP contribution is 2.29. The van der Waals surface area contributed by atoms with Gasteiger partial charge in [-0.15, -0.1) is 0 Å². The molecule has 1 saturated heterocycles. The minimum absolute atomic E-state index is 0.155. The number of carbonyl (C=O) groups excluding carboxylic acids is 2. The van der Waals surface area contributed by atoms with Gasteiger partial charge < -0.3 is 14.5 Å². The zero-order valence-corrected chi connectivity index (χ0v) is 18.5. The Morgan fingerprint density at radius 3 is 2.73 bits per heavy atom. The SMILES string of the molecule is CCN(CC)C(=O)C[C@@H]1CCN2C[C@@H]1/C=C/COc1ccccc1CN(C)CC2=O. The molecule has 164 valence electrons. The van der Waals surface area contributed by atoms with E-state index in [9.17, 15) is 9.59 Å². The van der Waals surface area contributed by atoms with E-state index in [1.807, 2.05) is 65.9 Å². The Hall–Kier alpha value is -2.34. The van der Waals surface area contributed by atoms with Gasteiger partial charge in [0.2, 0.25) is 11.8 Å². The summed E-state index contributed by atoms with van der Waals surface area (Å²) in [5.41, 5.74) is 1.08. The van der Waals surface area contributed by atoms with Crippen molar-refractivity contribution >= 4 is 11.8 Å². The number of amides is 2. The summed E-state index contributed by atoms with van der Waals surface area (Å²) >= 11 is 0. The second-order valence-electron chi connectivity index (χ2n) is 8.34. The summed E-state index contributed by atoms with van der Waals surface area (Å²) in [5, 5.41) is 0. The fourth-order valence-electron chi connectivity index (χ4n) is 4.48. The lowest BCUT2D eigenvalue weighted by Gasteiger charge is -2.38. The molecule has 2 heterocycles. The lowest BCUT2D eigenvalue weighted by molar-refractivity contribution is -0.135. The van der Waals surface area contributed by atoms with E-state index >= 15 is 0 Å². The number of fused-ring (bicyclic) bond motifs is 3. The van der Waals surface area contributed by atoms with E-state index in [2.05, 4.69) is 6.08 Å². The number of likely N-dealkylation sites (N-methyl/N-ethyl adjacent to an activating group) is 1. The number of nitrogens with zero attached hydrogens (tertiary/aromatic N) is 3. The van der Waals surface area contributed by atoms with Crippen LogP contribution in [0, 0.1) is 11.8 Å². The first-order valence-corrected chi connectivity index (χ1v) is 11.1. The molecular formula is C24H35N3O3. The molecule has 0 unspecified atom stereocenters. The first kappa shape index (κ1) is 22.3. The van der Waals surface area contributed by atoms with Crippen LogP contribution in [0.1, 0.15) is 32.3 Å². The van der Waals surface area contributed by atoms with Crippen molar-refractivity contribution in [3.63, 3.8) is 0 Å². The van der Waals surface area contributed by atoms with Crippen LogP contribution in [0.4, 0.5) is 0 Å². The summed E-state index contributed by atoms with van der Waals surface area (Å²) in [6.07, 6.45) is 5.61. The predicted octanol–water partition coefficient (Wildman–Crippen LogP) is 2.79. The number of hydrogen-bond acceptors (Lipinski definition) is 4. The first-order valence-electron chi connectivity index (χ1n) is 11.1. The van der Waals surface area contributed by atoms with Crippen molar-refractivity contribution < 1.29 is 14.3 Å². The molecule has 0 saturated carbocycles. The summed E-state index contributed by atoms with van der Waals surface area (Å²) < 4.78 is 6.02. The van der Waals surface area contributed by atoms with Crippen LogP contribution in [0.15, 0.2) is 36.4 Å². The lowest BCUT2D eigenvalue weighted by atomic mass is 9.82. The maximum atomic E-state index is 12.9. The van der Waals surface area contributed by atoms with Crippen LogP contribution in [0.5, 0.6) is 5.75 Å². The number of piperidine rings is 1. The second-order valence-corrected chi connectivity index (χ2v) is 8.34. The number of benzene rings is 1. The molecule has 2 amide bonds. The standard InChI is InChI=1S/C24H35N3O3/c1-4-26(5-2)23(28)15-19-12-13-27-17-20(19)10-8-14-30-22-11-7-6-9-21(22)16-25(3)18-24(27)29/h6-11,19-20H,4-5,12-18H2,1-3H3/b10-8+/t19-,20-/m0/s1. The quantitative estimate of drug-likeness (QED) is 0.713. The van der Waals surface area contributed by atoms with Gasteiger partial charge in [0.05, 0.1) is 6.54 Å². The molecule has 0 N–H and O–H groups in total. The first-order chi connectivity index (χ1) is 14.5.